The van der Waals surface area contributed by atoms with Crippen LogP contribution in [0.25, 0.3) is 17.0 Å². The molecule has 0 saturated carbocycles. The molecular formula is C11H9BrO. The molecule has 1 aromatic carbocycles. The van der Waals surface area contributed by atoms with Gasteiger partial charge in [-0.25, -0.2) is 0 Å². The summed E-state index contributed by atoms with van der Waals surface area (Å²) in [4.78, 5) is 0. The third kappa shape index (κ3) is 1.22. The van der Waals surface area contributed by atoms with Crippen molar-refractivity contribution in [1.82, 2.24) is 0 Å². The molecular weight excluding hydrogens is 228 g/mol. The number of aryl methyl sites for hydroxylation is 1. The lowest BCUT2D eigenvalue weighted by atomic mass is 10.1. The molecule has 0 radical (unpaired) electrons. The second kappa shape index (κ2) is 3.04. The molecule has 0 atom stereocenters. The predicted octanol–water partition coefficient (Wildman–Crippen LogP) is 4.15. The Bertz CT molecular complexity index is 468. The number of fused-ring (bicyclic) bond motifs is 1. The van der Waals surface area contributed by atoms with Crippen molar-refractivity contribution in [3.8, 4) is 0 Å². The van der Waals surface area contributed by atoms with E-state index in [9.17, 15) is 0 Å². The lowest BCUT2D eigenvalue weighted by Crippen LogP contribution is -1.70. The molecule has 0 amide bonds. The summed E-state index contributed by atoms with van der Waals surface area (Å²) in [5.41, 5.74) is 1.98. The van der Waals surface area contributed by atoms with Gasteiger partial charge in [0.1, 0.15) is 11.3 Å². The molecule has 0 saturated heterocycles. The van der Waals surface area contributed by atoms with Crippen molar-refractivity contribution < 1.29 is 4.42 Å². The van der Waals surface area contributed by atoms with E-state index in [2.05, 4.69) is 22.5 Å². The van der Waals surface area contributed by atoms with E-state index in [1.54, 1.807) is 0 Å². The number of halogens is 1. The number of furan rings is 1. The highest BCUT2D eigenvalue weighted by Crippen LogP contribution is 2.31. The van der Waals surface area contributed by atoms with Gasteiger partial charge in [-0.2, -0.15) is 0 Å². The maximum atomic E-state index is 5.60. The SMILES string of the molecule is C=Cc1c(C)oc2c(Br)cccc12. The average Bonchev–Trinajstić information content (AvgIpc) is 2.43. The van der Waals surface area contributed by atoms with Crippen molar-refractivity contribution >= 4 is 33.0 Å². The topological polar surface area (TPSA) is 13.1 Å². The van der Waals surface area contributed by atoms with Crippen LogP contribution in [0.1, 0.15) is 11.3 Å². The van der Waals surface area contributed by atoms with Crippen LogP contribution >= 0.6 is 15.9 Å². The highest BCUT2D eigenvalue weighted by Gasteiger charge is 2.09. The van der Waals surface area contributed by atoms with Gasteiger partial charge in [0.15, 0.2) is 0 Å². The third-order valence-electron chi connectivity index (χ3n) is 2.10. The van der Waals surface area contributed by atoms with Crippen LogP contribution in [0, 0.1) is 6.92 Å². The van der Waals surface area contributed by atoms with Crippen LogP contribution in [0.15, 0.2) is 33.7 Å². The number of rotatable bonds is 1. The summed E-state index contributed by atoms with van der Waals surface area (Å²) in [6.45, 7) is 5.72. The van der Waals surface area contributed by atoms with Gasteiger partial charge in [-0.05, 0) is 28.9 Å². The summed E-state index contributed by atoms with van der Waals surface area (Å²) in [5, 5.41) is 1.11. The average molecular weight is 237 g/mol. The lowest BCUT2D eigenvalue weighted by Gasteiger charge is -1.91. The van der Waals surface area contributed by atoms with E-state index >= 15 is 0 Å². The molecule has 0 aliphatic rings. The van der Waals surface area contributed by atoms with Gasteiger partial charge in [-0.3, -0.25) is 0 Å². The highest BCUT2D eigenvalue weighted by atomic mass is 79.9. The fraction of sp³-hybridized carbons (Fsp3) is 0.0909. The Morgan fingerprint density at radius 3 is 2.92 bits per heavy atom. The maximum Gasteiger partial charge on any atom is 0.149 e. The van der Waals surface area contributed by atoms with Gasteiger partial charge in [0.05, 0.1) is 4.47 Å². The second-order valence-corrected chi connectivity index (χ2v) is 3.75. The molecule has 2 rings (SSSR count). The van der Waals surface area contributed by atoms with Crippen molar-refractivity contribution in [3.05, 3.63) is 40.6 Å². The Labute approximate surface area is 85.2 Å². The summed E-state index contributed by atoms with van der Waals surface area (Å²) < 4.78 is 6.59. The zero-order valence-electron chi connectivity index (χ0n) is 7.30. The second-order valence-electron chi connectivity index (χ2n) is 2.89. The van der Waals surface area contributed by atoms with Crippen LogP contribution in [0.4, 0.5) is 0 Å². The van der Waals surface area contributed by atoms with Crippen LogP contribution in [-0.4, -0.2) is 0 Å². The molecule has 13 heavy (non-hydrogen) atoms. The Kier molecular flexibility index (Phi) is 2.00. The van der Waals surface area contributed by atoms with Gasteiger partial charge in [0.25, 0.3) is 0 Å². The molecule has 1 nitrogen and oxygen atoms in total. The summed E-state index contributed by atoms with van der Waals surface area (Å²) in [7, 11) is 0. The molecule has 66 valence electrons. The zero-order valence-corrected chi connectivity index (χ0v) is 8.89. The third-order valence-corrected chi connectivity index (χ3v) is 2.72. The van der Waals surface area contributed by atoms with Crippen molar-refractivity contribution in [2.24, 2.45) is 0 Å². The Morgan fingerprint density at radius 1 is 1.46 bits per heavy atom. The van der Waals surface area contributed by atoms with Gasteiger partial charge < -0.3 is 4.42 Å². The number of hydrogen-bond acceptors (Lipinski definition) is 1. The normalized spacial score (nSPS) is 10.6. The van der Waals surface area contributed by atoms with E-state index in [1.807, 2.05) is 31.2 Å². The van der Waals surface area contributed by atoms with E-state index in [0.29, 0.717) is 0 Å². The maximum absolute atomic E-state index is 5.60. The van der Waals surface area contributed by atoms with Crippen molar-refractivity contribution in [2.45, 2.75) is 6.92 Å². The van der Waals surface area contributed by atoms with Crippen molar-refractivity contribution in [2.75, 3.05) is 0 Å². The fourth-order valence-corrected chi connectivity index (χ4v) is 1.92. The molecule has 2 heteroatoms. The van der Waals surface area contributed by atoms with Gasteiger partial charge in [0, 0.05) is 10.9 Å². The summed E-state index contributed by atoms with van der Waals surface area (Å²) in [6.07, 6.45) is 1.83. The Morgan fingerprint density at radius 2 is 2.23 bits per heavy atom. The number of hydrogen-bond donors (Lipinski definition) is 0. The van der Waals surface area contributed by atoms with Crippen LogP contribution < -0.4 is 0 Å². The monoisotopic (exact) mass is 236 g/mol. The Balaban J connectivity index is 2.93. The fourth-order valence-electron chi connectivity index (χ4n) is 1.48. The van der Waals surface area contributed by atoms with E-state index in [4.69, 9.17) is 4.42 Å². The lowest BCUT2D eigenvalue weighted by molar-refractivity contribution is 0.576. The van der Waals surface area contributed by atoms with Crippen LogP contribution in [0.3, 0.4) is 0 Å². The quantitative estimate of drug-likeness (QED) is 0.726. The first-order valence-corrected chi connectivity index (χ1v) is 4.83. The van der Waals surface area contributed by atoms with Crippen LogP contribution in [-0.2, 0) is 0 Å². The van der Waals surface area contributed by atoms with E-state index in [-0.39, 0.29) is 0 Å². The minimum atomic E-state index is 0.898. The first kappa shape index (κ1) is 8.57. The standard InChI is InChI=1S/C11H9BrO/c1-3-8-7(2)13-11-9(8)5-4-6-10(11)12/h3-6H,1H2,2H3. The van der Waals surface area contributed by atoms with Crippen LogP contribution in [0.2, 0.25) is 0 Å². The number of para-hydroxylation sites is 1. The molecule has 0 fully saturated rings. The highest BCUT2D eigenvalue weighted by molar-refractivity contribution is 9.10. The van der Waals surface area contributed by atoms with Gasteiger partial charge in [0.2, 0.25) is 0 Å². The molecule has 0 aliphatic carbocycles. The van der Waals surface area contributed by atoms with Gasteiger partial charge >= 0.3 is 0 Å². The minimum absolute atomic E-state index is 0.898. The van der Waals surface area contributed by atoms with Gasteiger partial charge in [-0.1, -0.05) is 24.8 Å². The van der Waals surface area contributed by atoms with E-state index < -0.39 is 0 Å². The molecule has 0 aliphatic heterocycles. The summed E-state index contributed by atoms with van der Waals surface area (Å²) >= 11 is 3.45. The van der Waals surface area contributed by atoms with Crippen molar-refractivity contribution in [3.63, 3.8) is 0 Å². The summed E-state index contributed by atoms with van der Waals surface area (Å²) in [6, 6.07) is 6.00. The summed E-state index contributed by atoms with van der Waals surface area (Å²) in [5.74, 6) is 0.914. The largest absolute Gasteiger partial charge is 0.460 e. The zero-order chi connectivity index (χ0) is 9.42. The van der Waals surface area contributed by atoms with Crippen LogP contribution in [0.5, 0.6) is 0 Å². The van der Waals surface area contributed by atoms with E-state index in [0.717, 1.165) is 26.8 Å². The molecule has 0 spiro atoms. The van der Waals surface area contributed by atoms with Crippen molar-refractivity contribution in [1.29, 1.82) is 0 Å². The molecule has 0 unspecified atom stereocenters. The Hall–Kier alpha value is -1.02. The molecule has 1 aromatic heterocycles. The predicted molar refractivity (Wildman–Crippen MR) is 58.7 cm³/mol. The smallest absolute Gasteiger partial charge is 0.149 e. The van der Waals surface area contributed by atoms with Gasteiger partial charge in [-0.15, -0.1) is 0 Å². The molecule has 1 heterocycles. The van der Waals surface area contributed by atoms with E-state index in [1.165, 1.54) is 0 Å². The molecule has 0 N–H and O–H groups in total. The first-order chi connectivity index (χ1) is 6.24. The molecule has 0 bridgehead atoms. The minimum Gasteiger partial charge on any atom is -0.460 e. The molecule has 2 aromatic rings. The number of benzene rings is 1. The first-order valence-electron chi connectivity index (χ1n) is 4.04.